The molecular formula is C11H18O. The molecule has 1 unspecified atom stereocenters. The largest absolute Gasteiger partial charge is 0.295 e. The fourth-order valence-electron chi connectivity index (χ4n) is 1.15. The molecule has 0 bridgehead atoms. The SMILES string of the molecule is C=C/C=C/C(=O)C(C)CC(C)C. The van der Waals surface area contributed by atoms with Gasteiger partial charge in [-0.2, -0.15) is 0 Å². The van der Waals surface area contributed by atoms with E-state index in [-0.39, 0.29) is 11.7 Å². The molecule has 0 aromatic carbocycles. The maximum Gasteiger partial charge on any atom is 0.158 e. The molecule has 0 heterocycles. The lowest BCUT2D eigenvalue weighted by atomic mass is 9.95. The van der Waals surface area contributed by atoms with E-state index in [0.29, 0.717) is 5.92 Å². The molecule has 0 saturated heterocycles. The molecule has 1 atom stereocenters. The summed E-state index contributed by atoms with van der Waals surface area (Å²) in [5.74, 6) is 0.922. The Morgan fingerprint density at radius 1 is 1.42 bits per heavy atom. The molecule has 0 aromatic heterocycles. The van der Waals surface area contributed by atoms with Gasteiger partial charge in [-0.1, -0.05) is 39.5 Å². The van der Waals surface area contributed by atoms with Crippen LogP contribution in [0.4, 0.5) is 0 Å². The molecule has 68 valence electrons. The maximum atomic E-state index is 11.3. The van der Waals surface area contributed by atoms with Crippen molar-refractivity contribution in [2.45, 2.75) is 27.2 Å². The van der Waals surface area contributed by atoms with Crippen molar-refractivity contribution in [1.82, 2.24) is 0 Å². The number of ketones is 1. The smallest absolute Gasteiger partial charge is 0.158 e. The van der Waals surface area contributed by atoms with Gasteiger partial charge < -0.3 is 0 Å². The molecule has 0 rings (SSSR count). The zero-order chi connectivity index (χ0) is 9.56. The summed E-state index contributed by atoms with van der Waals surface area (Å²) < 4.78 is 0. The summed E-state index contributed by atoms with van der Waals surface area (Å²) in [6.45, 7) is 9.73. The Morgan fingerprint density at radius 3 is 2.42 bits per heavy atom. The molecule has 0 fully saturated rings. The first kappa shape index (κ1) is 11.2. The minimum atomic E-state index is 0.140. The number of rotatable bonds is 5. The molecule has 12 heavy (non-hydrogen) atoms. The Morgan fingerprint density at radius 2 is 2.00 bits per heavy atom. The lowest BCUT2D eigenvalue weighted by Gasteiger charge is -2.09. The van der Waals surface area contributed by atoms with Gasteiger partial charge in [0.1, 0.15) is 0 Å². The lowest BCUT2D eigenvalue weighted by Crippen LogP contribution is -2.10. The predicted molar refractivity (Wildman–Crippen MR) is 53.0 cm³/mol. The van der Waals surface area contributed by atoms with Crippen LogP contribution in [0.5, 0.6) is 0 Å². The molecule has 0 aromatic rings. The molecule has 0 N–H and O–H groups in total. The van der Waals surface area contributed by atoms with Crippen LogP contribution in [0.15, 0.2) is 24.8 Å². The van der Waals surface area contributed by atoms with E-state index in [0.717, 1.165) is 6.42 Å². The van der Waals surface area contributed by atoms with Gasteiger partial charge in [-0.05, 0) is 18.4 Å². The summed E-state index contributed by atoms with van der Waals surface area (Å²) >= 11 is 0. The Labute approximate surface area is 75.2 Å². The van der Waals surface area contributed by atoms with Gasteiger partial charge in [-0.25, -0.2) is 0 Å². The molecule has 0 saturated carbocycles. The van der Waals surface area contributed by atoms with Gasteiger partial charge in [-0.15, -0.1) is 0 Å². The molecule has 0 aliphatic rings. The fourth-order valence-corrected chi connectivity index (χ4v) is 1.15. The highest BCUT2D eigenvalue weighted by Gasteiger charge is 2.10. The van der Waals surface area contributed by atoms with E-state index in [4.69, 9.17) is 0 Å². The molecule has 1 heteroatoms. The summed E-state index contributed by atoms with van der Waals surface area (Å²) in [4.78, 5) is 11.3. The van der Waals surface area contributed by atoms with Crippen LogP contribution in [0, 0.1) is 11.8 Å². The second-order valence-corrected chi connectivity index (χ2v) is 3.53. The van der Waals surface area contributed by atoms with Crippen LogP contribution in [-0.2, 0) is 4.79 Å². The van der Waals surface area contributed by atoms with E-state index in [2.05, 4.69) is 20.4 Å². The molecular weight excluding hydrogens is 148 g/mol. The highest BCUT2D eigenvalue weighted by molar-refractivity contribution is 5.91. The summed E-state index contributed by atoms with van der Waals surface area (Å²) in [5.41, 5.74) is 0. The first-order chi connectivity index (χ1) is 5.57. The molecule has 0 aliphatic heterocycles. The van der Waals surface area contributed by atoms with Gasteiger partial charge in [-0.3, -0.25) is 4.79 Å². The minimum Gasteiger partial charge on any atom is -0.295 e. The first-order valence-corrected chi connectivity index (χ1v) is 4.40. The average molecular weight is 166 g/mol. The van der Waals surface area contributed by atoms with Gasteiger partial charge in [0, 0.05) is 5.92 Å². The predicted octanol–water partition coefficient (Wildman–Crippen LogP) is 2.98. The van der Waals surface area contributed by atoms with Gasteiger partial charge >= 0.3 is 0 Å². The van der Waals surface area contributed by atoms with Crippen LogP contribution < -0.4 is 0 Å². The fraction of sp³-hybridized carbons (Fsp3) is 0.545. The third-order valence-corrected chi connectivity index (χ3v) is 1.71. The number of carbonyl (C=O) groups excluding carboxylic acids is 1. The van der Waals surface area contributed by atoms with Gasteiger partial charge in [0.25, 0.3) is 0 Å². The normalized spacial score (nSPS) is 13.7. The van der Waals surface area contributed by atoms with E-state index < -0.39 is 0 Å². The van der Waals surface area contributed by atoms with Crippen molar-refractivity contribution in [2.24, 2.45) is 11.8 Å². The van der Waals surface area contributed by atoms with Crippen molar-refractivity contribution in [1.29, 1.82) is 0 Å². The monoisotopic (exact) mass is 166 g/mol. The highest BCUT2D eigenvalue weighted by Crippen LogP contribution is 2.12. The topological polar surface area (TPSA) is 17.1 Å². The van der Waals surface area contributed by atoms with E-state index in [1.54, 1.807) is 18.2 Å². The van der Waals surface area contributed by atoms with Crippen molar-refractivity contribution in [3.05, 3.63) is 24.8 Å². The summed E-state index contributed by atoms with van der Waals surface area (Å²) in [6, 6.07) is 0. The third-order valence-electron chi connectivity index (χ3n) is 1.71. The van der Waals surface area contributed by atoms with Crippen LogP contribution in [0.1, 0.15) is 27.2 Å². The van der Waals surface area contributed by atoms with Crippen molar-refractivity contribution in [2.75, 3.05) is 0 Å². The summed E-state index contributed by atoms with van der Waals surface area (Å²) in [7, 11) is 0. The van der Waals surface area contributed by atoms with Crippen LogP contribution in [-0.4, -0.2) is 5.78 Å². The van der Waals surface area contributed by atoms with E-state index in [1.807, 2.05) is 6.92 Å². The molecule has 0 radical (unpaired) electrons. The first-order valence-electron chi connectivity index (χ1n) is 4.40. The minimum absolute atomic E-state index is 0.140. The molecule has 0 spiro atoms. The Kier molecular flexibility index (Phi) is 5.35. The third kappa shape index (κ3) is 4.89. The second kappa shape index (κ2) is 5.76. The zero-order valence-corrected chi connectivity index (χ0v) is 8.21. The number of allylic oxidation sites excluding steroid dienone is 3. The Bertz CT molecular complexity index is 177. The number of hydrogen-bond acceptors (Lipinski definition) is 1. The summed E-state index contributed by atoms with van der Waals surface area (Å²) in [6.07, 6.45) is 5.87. The maximum absolute atomic E-state index is 11.3. The van der Waals surface area contributed by atoms with E-state index >= 15 is 0 Å². The van der Waals surface area contributed by atoms with Crippen molar-refractivity contribution in [3.63, 3.8) is 0 Å². The molecule has 0 amide bonds. The van der Waals surface area contributed by atoms with Gasteiger partial charge in [0.05, 0.1) is 0 Å². The zero-order valence-electron chi connectivity index (χ0n) is 8.21. The van der Waals surface area contributed by atoms with Gasteiger partial charge in [0.15, 0.2) is 5.78 Å². The van der Waals surface area contributed by atoms with Crippen LogP contribution in [0.25, 0.3) is 0 Å². The highest BCUT2D eigenvalue weighted by atomic mass is 16.1. The number of hydrogen-bond donors (Lipinski definition) is 0. The van der Waals surface area contributed by atoms with Crippen LogP contribution >= 0.6 is 0 Å². The second-order valence-electron chi connectivity index (χ2n) is 3.53. The van der Waals surface area contributed by atoms with Crippen LogP contribution in [0.2, 0.25) is 0 Å². The van der Waals surface area contributed by atoms with E-state index in [1.165, 1.54) is 0 Å². The quantitative estimate of drug-likeness (QED) is 0.453. The number of carbonyl (C=O) groups is 1. The standard InChI is InChI=1S/C11H18O/c1-5-6-7-11(12)10(4)8-9(2)3/h5-7,9-10H,1,8H2,2-4H3/b7-6+. The van der Waals surface area contributed by atoms with E-state index in [9.17, 15) is 4.79 Å². The summed E-state index contributed by atoms with van der Waals surface area (Å²) in [5, 5.41) is 0. The van der Waals surface area contributed by atoms with Crippen molar-refractivity contribution >= 4 is 5.78 Å². The van der Waals surface area contributed by atoms with Crippen LogP contribution in [0.3, 0.4) is 0 Å². The Balaban J connectivity index is 3.92. The molecule has 1 nitrogen and oxygen atoms in total. The molecule has 0 aliphatic carbocycles. The van der Waals surface area contributed by atoms with Crippen molar-refractivity contribution in [3.8, 4) is 0 Å². The van der Waals surface area contributed by atoms with Gasteiger partial charge in [0.2, 0.25) is 0 Å². The average Bonchev–Trinajstić information content (AvgIpc) is 1.98. The van der Waals surface area contributed by atoms with Crippen molar-refractivity contribution < 1.29 is 4.79 Å². The Hall–Kier alpha value is -0.850. The lowest BCUT2D eigenvalue weighted by molar-refractivity contribution is -0.118.